The summed E-state index contributed by atoms with van der Waals surface area (Å²) in [6.45, 7) is 3.24. The number of amides is 3. The Labute approximate surface area is 173 Å². The van der Waals surface area contributed by atoms with Crippen LogP contribution in [0.2, 0.25) is 0 Å². The van der Waals surface area contributed by atoms with Crippen LogP contribution in [-0.4, -0.2) is 47.8 Å². The van der Waals surface area contributed by atoms with Crippen LogP contribution in [0.25, 0.3) is 0 Å². The smallest absolute Gasteiger partial charge is 0.315 e. The number of hydrogen-bond donors (Lipinski definition) is 2. The number of benzene rings is 1. The lowest BCUT2D eigenvalue weighted by Crippen LogP contribution is -2.51. The van der Waals surface area contributed by atoms with E-state index in [1.165, 1.54) is 19.3 Å². The molecule has 0 spiro atoms. The standard InChI is InChI=1S/C23H33N3O3/c1-17-7-9-18(10-8-17)21(27)11-12-22(28)26-15-13-20(14-16-26)25-23(29)24-19-5-3-2-4-6-19/h7-10,19-20H,2-6,11-16H2,1H3,(H2,24,25,29). The van der Waals surface area contributed by atoms with Crippen molar-refractivity contribution in [2.24, 2.45) is 0 Å². The molecular weight excluding hydrogens is 366 g/mol. The van der Waals surface area contributed by atoms with Gasteiger partial charge in [0.25, 0.3) is 0 Å². The Hall–Kier alpha value is -2.37. The largest absolute Gasteiger partial charge is 0.343 e. The first-order valence-corrected chi connectivity index (χ1v) is 11.0. The Morgan fingerprint density at radius 3 is 2.07 bits per heavy atom. The predicted molar refractivity (Wildman–Crippen MR) is 113 cm³/mol. The number of rotatable bonds is 6. The molecule has 1 aliphatic heterocycles. The Morgan fingerprint density at radius 1 is 0.862 bits per heavy atom. The number of carbonyl (C=O) groups is 3. The molecule has 1 saturated carbocycles. The van der Waals surface area contributed by atoms with Gasteiger partial charge in [-0.05, 0) is 32.6 Å². The third-order valence-corrected chi connectivity index (χ3v) is 6.06. The van der Waals surface area contributed by atoms with E-state index in [4.69, 9.17) is 0 Å². The molecule has 1 heterocycles. The molecule has 0 bridgehead atoms. The van der Waals surface area contributed by atoms with Gasteiger partial charge in [-0.3, -0.25) is 9.59 Å². The topological polar surface area (TPSA) is 78.5 Å². The van der Waals surface area contributed by atoms with E-state index in [0.29, 0.717) is 24.7 Å². The van der Waals surface area contributed by atoms with Crippen LogP contribution < -0.4 is 10.6 Å². The molecule has 1 aromatic rings. The van der Waals surface area contributed by atoms with Gasteiger partial charge in [-0.25, -0.2) is 4.79 Å². The zero-order valence-electron chi connectivity index (χ0n) is 17.4. The summed E-state index contributed by atoms with van der Waals surface area (Å²) in [5.74, 6) is 0.0323. The third-order valence-electron chi connectivity index (χ3n) is 6.06. The van der Waals surface area contributed by atoms with Crippen molar-refractivity contribution in [1.29, 1.82) is 0 Å². The van der Waals surface area contributed by atoms with Crippen LogP contribution in [-0.2, 0) is 4.79 Å². The second-order valence-electron chi connectivity index (χ2n) is 8.40. The monoisotopic (exact) mass is 399 g/mol. The molecule has 3 amide bonds. The maximum Gasteiger partial charge on any atom is 0.315 e. The van der Waals surface area contributed by atoms with Gasteiger partial charge in [-0.15, -0.1) is 0 Å². The lowest BCUT2D eigenvalue weighted by atomic mass is 9.96. The highest BCUT2D eigenvalue weighted by atomic mass is 16.2. The first kappa shape index (κ1) is 21.3. The fourth-order valence-electron chi connectivity index (χ4n) is 4.19. The van der Waals surface area contributed by atoms with Gasteiger partial charge in [0.2, 0.25) is 5.91 Å². The van der Waals surface area contributed by atoms with Gasteiger partial charge in [0.15, 0.2) is 5.78 Å². The fourth-order valence-corrected chi connectivity index (χ4v) is 4.19. The van der Waals surface area contributed by atoms with Crippen molar-refractivity contribution in [3.8, 4) is 0 Å². The van der Waals surface area contributed by atoms with Crippen molar-refractivity contribution in [2.45, 2.75) is 76.8 Å². The van der Waals surface area contributed by atoms with Gasteiger partial charge >= 0.3 is 6.03 Å². The molecule has 0 radical (unpaired) electrons. The number of hydrogen-bond acceptors (Lipinski definition) is 3. The summed E-state index contributed by atoms with van der Waals surface area (Å²) < 4.78 is 0. The number of aryl methyl sites for hydroxylation is 1. The average Bonchev–Trinajstić information content (AvgIpc) is 2.73. The number of nitrogens with one attached hydrogen (secondary N) is 2. The van der Waals surface area contributed by atoms with E-state index in [-0.39, 0.29) is 36.6 Å². The van der Waals surface area contributed by atoms with Crippen LogP contribution >= 0.6 is 0 Å². The molecule has 2 fully saturated rings. The Kier molecular flexibility index (Phi) is 7.67. The van der Waals surface area contributed by atoms with Crippen molar-refractivity contribution in [3.63, 3.8) is 0 Å². The highest BCUT2D eigenvalue weighted by molar-refractivity contribution is 5.98. The van der Waals surface area contributed by atoms with E-state index in [9.17, 15) is 14.4 Å². The molecule has 6 nitrogen and oxygen atoms in total. The number of piperidine rings is 1. The van der Waals surface area contributed by atoms with Crippen molar-refractivity contribution in [3.05, 3.63) is 35.4 Å². The van der Waals surface area contributed by atoms with Crippen LogP contribution in [0.5, 0.6) is 0 Å². The van der Waals surface area contributed by atoms with Crippen LogP contribution in [0, 0.1) is 6.92 Å². The summed E-state index contributed by atoms with van der Waals surface area (Å²) in [5, 5.41) is 6.14. The Balaban J connectivity index is 1.35. The van der Waals surface area contributed by atoms with Gasteiger partial charge < -0.3 is 15.5 Å². The maximum absolute atomic E-state index is 12.5. The summed E-state index contributed by atoms with van der Waals surface area (Å²) >= 11 is 0. The summed E-state index contributed by atoms with van der Waals surface area (Å²) in [6.07, 6.45) is 7.80. The molecule has 158 valence electrons. The Bertz CT molecular complexity index is 703. The number of likely N-dealkylation sites (tertiary alicyclic amines) is 1. The average molecular weight is 400 g/mol. The van der Waals surface area contributed by atoms with Crippen molar-refractivity contribution in [1.82, 2.24) is 15.5 Å². The molecule has 6 heteroatoms. The fraction of sp³-hybridized carbons (Fsp3) is 0.609. The van der Waals surface area contributed by atoms with Crippen molar-refractivity contribution >= 4 is 17.7 Å². The number of nitrogens with zero attached hydrogens (tertiary/aromatic N) is 1. The van der Waals surface area contributed by atoms with Gasteiger partial charge in [-0.2, -0.15) is 0 Å². The molecule has 0 aromatic heterocycles. The van der Waals surface area contributed by atoms with E-state index in [0.717, 1.165) is 31.2 Å². The number of ketones is 1. The molecule has 1 aliphatic carbocycles. The Morgan fingerprint density at radius 2 is 1.45 bits per heavy atom. The van der Waals surface area contributed by atoms with E-state index in [1.807, 2.05) is 36.1 Å². The van der Waals surface area contributed by atoms with Crippen molar-refractivity contribution < 1.29 is 14.4 Å². The van der Waals surface area contributed by atoms with E-state index in [1.54, 1.807) is 0 Å². The molecule has 1 saturated heterocycles. The van der Waals surface area contributed by atoms with E-state index >= 15 is 0 Å². The molecule has 2 N–H and O–H groups in total. The second-order valence-corrected chi connectivity index (χ2v) is 8.40. The number of carbonyl (C=O) groups excluding carboxylic acids is 3. The maximum atomic E-state index is 12.5. The zero-order chi connectivity index (χ0) is 20.6. The first-order chi connectivity index (χ1) is 14.0. The van der Waals surface area contributed by atoms with Crippen LogP contribution in [0.4, 0.5) is 4.79 Å². The van der Waals surface area contributed by atoms with Crippen LogP contribution in [0.1, 0.15) is 73.7 Å². The highest BCUT2D eigenvalue weighted by Crippen LogP contribution is 2.18. The van der Waals surface area contributed by atoms with Gasteiger partial charge in [0, 0.05) is 43.6 Å². The zero-order valence-corrected chi connectivity index (χ0v) is 17.4. The molecule has 0 atom stereocenters. The number of urea groups is 1. The number of Topliss-reactive ketones (excluding diaryl/α,β-unsaturated/α-hetero) is 1. The van der Waals surface area contributed by atoms with Gasteiger partial charge in [-0.1, -0.05) is 49.1 Å². The van der Waals surface area contributed by atoms with Crippen LogP contribution in [0.3, 0.4) is 0 Å². The molecule has 29 heavy (non-hydrogen) atoms. The van der Waals surface area contributed by atoms with Gasteiger partial charge in [0.05, 0.1) is 0 Å². The van der Waals surface area contributed by atoms with Crippen LogP contribution in [0.15, 0.2) is 24.3 Å². The minimum atomic E-state index is -0.0784. The minimum Gasteiger partial charge on any atom is -0.343 e. The second kappa shape index (κ2) is 10.4. The summed E-state index contributed by atoms with van der Waals surface area (Å²) in [7, 11) is 0. The first-order valence-electron chi connectivity index (χ1n) is 11.0. The van der Waals surface area contributed by atoms with Gasteiger partial charge in [0.1, 0.15) is 0 Å². The molecule has 1 aromatic carbocycles. The lowest BCUT2D eigenvalue weighted by molar-refractivity contribution is -0.132. The summed E-state index contributed by atoms with van der Waals surface area (Å²) in [4.78, 5) is 38.7. The normalized spacial score (nSPS) is 18.3. The molecule has 3 rings (SSSR count). The minimum absolute atomic E-state index is 0.00860. The molecule has 0 unspecified atom stereocenters. The molecule has 2 aliphatic rings. The quantitative estimate of drug-likeness (QED) is 0.718. The summed E-state index contributed by atoms with van der Waals surface area (Å²) in [6, 6.07) is 7.79. The van der Waals surface area contributed by atoms with E-state index < -0.39 is 0 Å². The SMILES string of the molecule is Cc1ccc(C(=O)CCC(=O)N2CCC(NC(=O)NC3CCCCC3)CC2)cc1. The molecular formula is C23H33N3O3. The highest BCUT2D eigenvalue weighted by Gasteiger charge is 2.25. The van der Waals surface area contributed by atoms with Crippen molar-refractivity contribution in [2.75, 3.05) is 13.1 Å². The third kappa shape index (κ3) is 6.58. The lowest BCUT2D eigenvalue weighted by Gasteiger charge is -2.33. The summed E-state index contributed by atoms with van der Waals surface area (Å²) in [5.41, 5.74) is 1.77. The predicted octanol–water partition coefficient (Wildman–Crippen LogP) is 3.58. The van der Waals surface area contributed by atoms with E-state index in [2.05, 4.69) is 10.6 Å².